The fourth-order valence-electron chi connectivity index (χ4n) is 1.95. The van der Waals surface area contributed by atoms with E-state index in [1.54, 1.807) is 0 Å². The summed E-state index contributed by atoms with van der Waals surface area (Å²) in [6.07, 6.45) is -4.63. The Hall–Kier alpha value is -2.63. The third-order valence-electron chi connectivity index (χ3n) is 2.83. The van der Waals surface area contributed by atoms with Crippen LogP contribution in [0.1, 0.15) is 28.4 Å². The molecule has 2 rings (SSSR count). The van der Waals surface area contributed by atoms with Gasteiger partial charge >= 0.3 is 12.1 Å². The molecule has 0 fully saturated rings. The maximum Gasteiger partial charge on any atom is 0.417 e. The molecule has 0 atom stereocenters. The molecular weight excluding hydrogens is 297 g/mol. The zero-order chi connectivity index (χ0) is 16.3. The van der Waals surface area contributed by atoms with E-state index in [4.69, 9.17) is 4.74 Å². The van der Waals surface area contributed by atoms with Gasteiger partial charge in [-0.2, -0.15) is 13.2 Å². The van der Waals surface area contributed by atoms with Crippen molar-refractivity contribution in [3.63, 3.8) is 0 Å². The SMILES string of the molecule is CC(=O)Oc1cccc(C(=O)c2ccccc2C(F)(F)F)c1. The number of alkyl halides is 3. The lowest BCUT2D eigenvalue weighted by Crippen LogP contribution is -2.13. The maximum atomic E-state index is 13.0. The minimum absolute atomic E-state index is 0.00968. The first-order valence-electron chi connectivity index (χ1n) is 6.28. The van der Waals surface area contributed by atoms with Crippen LogP contribution in [0.5, 0.6) is 5.75 Å². The van der Waals surface area contributed by atoms with Gasteiger partial charge in [-0.3, -0.25) is 9.59 Å². The van der Waals surface area contributed by atoms with Crippen molar-refractivity contribution in [2.45, 2.75) is 13.1 Å². The van der Waals surface area contributed by atoms with Crippen LogP contribution in [0, 0.1) is 0 Å². The lowest BCUT2D eigenvalue weighted by Gasteiger charge is -2.12. The van der Waals surface area contributed by atoms with Crippen molar-refractivity contribution in [2.24, 2.45) is 0 Å². The lowest BCUT2D eigenvalue weighted by molar-refractivity contribution is -0.138. The Bertz CT molecular complexity index is 721. The maximum absolute atomic E-state index is 13.0. The summed E-state index contributed by atoms with van der Waals surface area (Å²) in [6.45, 7) is 1.19. The Kier molecular flexibility index (Phi) is 4.30. The molecule has 0 N–H and O–H groups in total. The van der Waals surface area contributed by atoms with E-state index < -0.39 is 29.1 Å². The number of benzene rings is 2. The van der Waals surface area contributed by atoms with Crippen molar-refractivity contribution in [1.29, 1.82) is 0 Å². The van der Waals surface area contributed by atoms with Gasteiger partial charge in [0.05, 0.1) is 5.56 Å². The van der Waals surface area contributed by atoms with Crippen molar-refractivity contribution < 1.29 is 27.5 Å². The number of rotatable bonds is 3. The van der Waals surface area contributed by atoms with Crippen LogP contribution in [0.3, 0.4) is 0 Å². The van der Waals surface area contributed by atoms with Crippen LogP contribution in [0.15, 0.2) is 48.5 Å². The number of hydrogen-bond acceptors (Lipinski definition) is 3. The molecule has 2 aromatic carbocycles. The smallest absolute Gasteiger partial charge is 0.417 e. The van der Waals surface area contributed by atoms with Crippen LogP contribution in [-0.4, -0.2) is 11.8 Å². The monoisotopic (exact) mass is 308 g/mol. The summed E-state index contributed by atoms with van der Waals surface area (Å²) in [5, 5.41) is 0. The van der Waals surface area contributed by atoms with Crippen molar-refractivity contribution in [3.05, 3.63) is 65.2 Å². The number of carbonyl (C=O) groups is 2. The van der Waals surface area contributed by atoms with E-state index in [9.17, 15) is 22.8 Å². The van der Waals surface area contributed by atoms with E-state index in [0.717, 1.165) is 12.1 Å². The topological polar surface area (TPSA) is 43.4 Å². The summed E-state index contributed by atoms with van der Waals surface area (Å²) in [7, 11) is 0. The van der Waals surface area contributed by atoms with E-state index in [2.05, 4.69) is 0 Å². The summed E-state index contributed by atoms with van der Waals surface area (Å²) < 4.78 is 43.7. The van der Waals surface area contributed by atoms with Crippen molar-refractivity contribution in [2.75, 3.05) is 0 Å². The van der Waals surface area contributed by atoms with Gasteiger partial charge in [-0.05, 0) is 18.2 Å². The Balaban J connectivity index is 2.43. The second-order valence-electron chi connectivity index (χ2n) is 4.49. The number of halogens is 3. The number of hydrogen-bond donors (Lipinski definition) is 0. The van der Waals surface area contributed by atoms with Gasteiger partial charge in [0.25, 0.3) is 0 Å². The summed E-state index contributed by atoms with van der Waals surface area (Å²) in [6, 6.07) is 10.0. The van der Waals surface area contributed by atoms with Crippen molar-refractivity contribution in [1.82, 2.24) is 0 Å². The first kappa shape index (κ1) is 15.8. The normalized spacial score (nSPS) is 11.1. The molecule has 0 saturated heterocycles. The minimum Gasteiger partial charge on any atom is -0.427 e. The van der Waals surface area contributed by atoms with Gasteiger partial charge in [-0.25, -0.2) is 0 Å². The zero-order valence-electron chi connectivity index (χ0n) is 11.5. The Morgan fingerprint density at radius 2 is 1.68 bits per heavy atom. The first-order valence-corrected chi connectivity index (χ1v) is 6.28. The van der Waals surface area contributed by atoms with Crippen LogP contribution in [0.25, 0.3) is 0 Å². The van der Waals surface area contributed by atoms with Gasteiger partial charge in [0.1, 0.15) is 5.75 Å². The van der Waals surface area contributed by atoms with Gasteiger partial charge in [-0.1, -0.05) is 30.3 Å². The molecule has 3 nitrogen and oxygen atoms in total. The standard InChI is InChI=1S/C16H11F3O3/c1-10(20)22-12-6-4-5-11(9-12)15(21)13-7-2-3-8-14(13)16(17,18)19/h2-9H,1H3. The fourth-order valence-corrected chi connectivity index (χ4v) is 1.95. The van der Waals surface area contributed by atoms with E-state index >= 15 is 0 Å². The van der Waals surface area contributed by atoms with Crippen molar-refractivity contribution in [3.8, 4) is 5.75 Å². The predicted molar refractivity (Wildman–Crippen MR) is 72.6 cm³/mol. The van der Waals surface area contributed by atoms with Crippen LogP contribution in [0.4, 0.5) is 13.2 Å². The summed E-state index contributed by atoms with van der Waals surface area (Å²) in [4.78, 5) is 23.2. The molecule has 0 aromatic heterocycles. The molecule has 0 aliphatic heterocycles. The average molecular weight is 308 g/mol. The van der Waals surface area contributed by atoms with Gasteiger partial charge < -0.3 is 4.74 Å². The van der Waals surface area contributed by atoms with Crippen LogP contribution < -0.4 is 4.74 Å². The van der Waals surface area contributed by atoms with Crippen molar-refractivity contribution >= 4 is 11.8 Å². The highest BCUT2D eigenvalue weighted by Gasteiger charge is 2.35. The highest BCUT2D eigenvalue weighted by atomic mass is 19.4. The first-order chi connectivity index (χ1) is 10.3. The van der Waals surface area contributed by atoms with Gasteiger partial charge in [0.2, 0.25) is 0 Å². The van der Waals surface area contributed by atoms with Gasteiger partial charge in [0, 0.05) is 18.1 Å². The largest absolute Gasteiger partial charge is 0.427 e. The van der Waals surface area contributed by atoms with E-state index in [0.29, 0.717) is 0 Å². The zero-order valence-corrected chi connectivity index (χ0v) is 11.5. The Morgan fingerprint density at radius 3 is 2.32 bits per heavy atom. The fraction of sp³-hybridized carbons (Fsp3) is 0.125. The Morgan fingerprint density at radius 1 is 1.00 bits per heavy atom. The van der Waals surface area contributed by atoms with E-state index in [1.165, 1.54) is 43.3 Å². The minimum atomic E-state index is -4.63. The van der Waals surface area contributed by atoms with Gasteiger partial charge in [0.15, 0.2) is 5.78 Å². The molecule has 0 spiro atoms. The van der Waals surface area contributed by atoms with Crippen LogP contribution in [0.2, 0.25) is 0 Å². The molecule has 0 unspecified atom stereocenters. The number of esters is 1. The molecule has 0 aliphatic carbocycles. The molecule has 6 heteroatoms. The molecule has 0 heterocycles. The third kappa shape index (κ3) is 3.52. The molecule has 2 aromatic rings. The number of carbonyl (C=O) groups excluding carboxylic acids is 2. The highest BCUT2D eigenvalue weighted by molar-refractivity contribution is 6.10. The quantitative estimate of drug-likeness (QED) is 0.491. The highest BCUT2D eigenvalue weighted by Crippen LogP contribution is 2.33. The number of ketones is 1. The molecular formula is C16H11F3O3. The molecule has 114 valence electrons. The summed E-state index contributed by atoms with van der Waals surface area (Å²) >= 11 is 0. The van der Waals surface area contributed by atoms with Crippen LogP contribution >= 0.6 is 0 Å². The summed E-state index contributed by atoms with van der Waals surface area (Å²) in [5.41, 5.74) is -1.44. The average Bonchev–Trinajstić information content (AvgIpc) is 2.45. The molecule has 0 radical (unpaired) electrons. The second kappa shape index (κ2) is 6.01. The summed E-state index contributed by atoms with van der Waals surface area (Å²) in [5.74, 6) is -1.27. The molecule has 0 amide bonds. The van der Waals surface area contributed by atoms with E-state index in [-0.39, 0.29) is 11.3 Å². The predicted octanol–water partition coefficient (Wildman–Crippen LogP) is 3.86. The van der Waals surface area contributed by atoms with E-state index in [1.807, 2.05) is 0 Å². The number of ether oxygens (including phenoxy) is 1. The molecule has 0 aliphatic rings. The van der Waals surface area contributed by atoms with Gasteiger partial charge in [-0.15, -0.1) is 0 Å². The molecule has 0 saturated carbocycles. The Labute approximate surface area is 124 Å². The second-order valence-corrected chi connectivity index (χ2v) is 4.49. The van der Waals surface area contributed by atoms with Crippen LogP contribution in [-0.2, 0) is 11.0 Å². The third-order valence-corrected chi connectivity index (χ3v) is 2.83. The molecule has 22 heavy (non-hydrogen) atoms. The lowest BCUT2D eigenvalue weighted by atomic mass is 9.98. The molecule has 0 bridgehead atoms.